The number of benzene rings is 1. The number of likely N-dealkylation sites (N-methyl/N-ethyl adjacent to an activating group) is 2. The van der Waals surface area contributed by atoms with Crippen LogP contribution >= 0.6 is 0 Å². The highest BCUT2D eigenvalue weighted by molar-refractivity contribution is 5.95. The summed E-state index contributed by atoms with van der Waals surface area (Å²) in [6.45, 7) is 5.08. The number of nitrogens with one attached hydrogen (secondary N) is 1. The van der Waals surface area contributed by atoms with Gasteiger partial charge in [-0.1, -0.05) is 24.3 Å². The van der Waals surface area contributed by atoms with Crippen molar-refractivity contribution >= 4 is 5.91 Å². The molecule has 0 atom stereocenters. The predicted molar refractivity (Wildman–Crippen MR) is 71.2 cm³/mol. The standard InChI is InChI=1S/C14H20N2O/c1-4-11-16(3)14(17)13-8-6-5-7-12(13)9-10-15-2/h4-8,15H,1,9-11H2,2-3H3. The van der Waals surface area contributed by atoms with Gasteiger partial charge in [-0.3, -0.25) is 4.79 Å². The molecule has 0 fully saturated rings. The van der Waals surface area contributed by atoms with Gasteiger partial charge in [-0.2, -0.15) is 0 Å². The monoisotopic (exact) mass is 232 g/mol. The highest BCUT2D eigenvalue weighted by Crippen LogP contribution is 2.11. The predicted octanol–water partition coefficient (Wildman–Crippen LogP) is 1.71. The number of hydrogen-bond acceptors (Lipinski definition) is 2. The molecular weight excluding hydrogens is 212 g/mol. The van der Waals surface area contributed by atoms with Crippen molar-refractivity contribution in [1.82, 2.24) is 10.2 Å². The number of carbonyl (C=O) groups excluding carboxylic acids is 1. The number of carbonyl (C=O) groups is 1. The van der Waals surface area contributed by atoms with Gasteiger partial charge in [0.05, 0.1) is 0 Å². The van der Waals surface area contributed by atoms with Crippen LogP contribution in [-0.2, 0) is 6.42 Å². The molecule has 92 valence electrons. The van der Waals surface area contributed by atoms with Crippen molar-refractivity contribution in [2.24, 2.45) is 0 Å². The fourth-order valence-electron chi connectivity index (χ4n) is 1.69. The highest BCUT2D eigenvalue weighted by atomic mass is 16.2. The van der Waals surface area contributed by atoms with E-state index in [1.54, 1.807) is 18.0 Å². The van der Waals surface area contributed by atoms with E-state index in [2.05, 4.69) is 11.9 Å². The van der Waals surface area contributed by atoms with Crippen molar-refractivity contribution in [2.45, 2.75) is 6.42 Å². The quantitative estimate of drug-likeness (QED) is 0.757. The summed E-state index contributed by atoms with van der Waals surface area (Å²) < 4.78 is 0. The average Bonchev–Trinajstić information content (AvgIpc) is 2.36. The first-order chi connectivity index (χ1) is 8.20. The fraction of sp³-hybridized carbons (Fsp3) is 0.357. The van der Waals surface area contributed by atoms with Crippen molar-refractivity contribution in [1.29, 1.82) is 0 Å². The van der Waals surface area contributed by atoms with Crippen LogP contribution in [0.2, 0.25) is 0 Å². The van der Waals surface area contributed by atoms with Crippen LogP contribution in [0.1, 0.15) is 15.9 Å². The second-order valence-electron chi connectivity index (χ2n) is 3.99. The summed E-state index contributed by atoms with van der Waals surface area (Å²) in [5.41, 5.74) is 1.87. The van der Waals surface area contributed by atoms with Gasteiger partial charge < -0.3 is 10.2 Å². The molecule has 0 unspecified atom stereocenters. The maximum absolute atomic E-state index is 12.2. The van der Waals surface area contributed by atoms with Crippen molar-refractivity contribution in [3.05, 3.63) is 48.0 Å². The first kappa shape index (κ1) is 13.5. The third-order valence-corrected chi connectivity index (χ3v) is 2.64. The van der Waals surface area contributed by atoms with Gasteiger partial charge in [0.2, 0.25) is 0 Å². The molecule has 0 aliphatic heterocycles. The van der Waals surface area contributed by atoms with Gasteiger partial charge in [-0.15, -0.1) is 6.58 Å². The largest absolute Gasteiger partial charge is 0.338 e. The summed E-state index contributed by atoms with van der Waals surface area (Å²) in [5.74, 6) is 0.0524. The van der Waals surface area contributed by atoms with Crippen molar-refractivity contribution in [3.8, 4) is 0 Å². The molecule has 1 aromatic carbocycles. The fourth-order valence-corrected chi connectivity index (χ4v) is 1.69. The van der Waals surface area contributed by atoms with E-state index in [1.807, 2.05) is 31.3 Å². The molecule has 0 aliphatic rings. The van der Waals surface area contributed by atoms with E-state index in [4.69, 9.17) is 0 Å². The van der Waals surface area contributed by atoms with Crippen LogP contribution in [-0.4, -0.2) is 38.0 Å². The molecule has 0 saturated carbocycles. The Kier molecular flexibility index (Phi) is 5.43. The summed E-state index contributed by atoms with van der Waals surface area (Å²) in [4.78, 5) is 13.8. The number of nitrogens with zero attached hydrogens (tertiary/aromatic N) is 1. The number of hydrogen-bond donors (Lipinski definition) is 1. The average molecular weight is 232 g/mol. The maximum atomic E-state index is 12.2. The van der Waals surface area contributed by atoms with Crippen LogP contribution < -0.4 is 5.32 Å². The summed E-state index contributed by atoms with van der Waals surface area (Å²) in [7, 11) is 3.70. The van der Waals surface area contributed by atoms with Crippen LogP contribution in [0.5, 0.6) is 0 Å². The van der Waals surface area contributed by atoms with Crippen LogP contribution in [0.25, 0.3) is 0 Å². The van der Waals surface area contributed by atoms with Gasteiger partial charge in [-0.05, 0) is 31.6 Å². The Balaban J connectivity index is 2.88. The van der Waals surface area contributed by atoms with Gasteiger partial charge in [-0.25, -0.2) is 0 Å². The lowest BCUT2D eigenvalue weighted by atomic mass is 10.0. The molecule has 0 heterocycles. The zero-order chi connectivity index (χ0) is 12.7. The molecule has 0 radical (unpaired) electrons. The zero-order valence-corrected chi connectivity index (χ0v) is 10.6. The molecule has 1 rings (SSSR count). The van der Waals surface area contributed by atoms with Crippen LogP contribution in [0.15, 0.2) is 36.9 Å². The van der Waals surface area contributed by atoms with E-state index in [0.29, 0.717) is 6.54 Å². The van der Waals surface area contributed by atoms with Crippen LogP contribution in [0.3, 0.4) is 0 Å². The van der Waals surface area contributed by atoms with E-state index < -0.39 is 0 Å². The Labute approximate surface area is 103 Å². The summed E-state index contributed by atoms with van der Waals surface area (Å²) in [6.07, 6.45) is 2.59. The Morgan fingerprint density at radius 3 is 2.82 bits per heavy atom. The van der Waals surface area contributed by atoms with E-state index in [1.165, 1.54) is 0 Å². The van der Waals surface area contributed by atoms with Gasteiger partial charge in [0, 0.05) is 19.2 Å². The number of rotatable bonds is 6. The molecule has 1 N–H and O–H groups in total. The maximum Gasteiger partial charge on any atom is 0.254 e. The highest BCUT2D eigenvalue weighted by Gasteiger charge is 2.13. The first-order valence-electron chi connectivity index (χ1n) is 5.79. The smallest absolute Gasteiger partial charge is 0.254 e. The molecular formula is C14H20N2O. The van der Waals surface area contributed by atoms with Gasteiger partial charge in [0.25, 0.3) is 5.91 Å². The molecule has 0 spiro atoms. The topological polar surface area (TPSA) is 32.3 Å². The minimum atomic E-state index is 0.0524. The van der Waals surface area contributed by atoms with E-state index in [9.17, 15) is 4.79 Å². The van der Waals surface area contributed by atoms with Crippen LogP contribution in [0.4, 0.5) is 0 Å². The molecule has 1 amide bonds. The molecule has 0 aliphatic carbocycles. The van der Waals surface area contributed by atoms with E-state index in [-0.39, 0.29) is 5.91 Å². The van der Waals surface area contributed by atoms with Crippen molar-refractivity contribution in [2.75, 3.05) is 27.2 Å². The Morgan fingerprint density at radius 2 is 2.18 bits per heavy atom. The molecule has 3 nitrogen and oxygen atoms in total. The Bertz CT molecular complexity index is 388. The van der Waals surface area contributed by atoms with Crippen molar-refractivity contribution < 1.29 is 4.79 Å². The normalized spacial score (nSPS) is 10.0. The SMILES string of the molecule is C=CCN(C)C(=O)c1ccccc1CCNC. The molecule has 0 saturated heterocycles. The number of amides is 1. The minimum absolute atomic E-state index is 0.0524. The second kappa shape index (κ2) is 6.86. The summed E-state index contributed by atoms with van der Waals surface area (Å²) >= 11 is 0. The molecule has 1 aromatic rings. The zero-order valence-electron chi connectivity index (χ0n) is 10.6. The summed E-state index contributed by atoms with van der Waals surface area (Å²) in [6, 6.07) is 7.76. The summed E-state index contributed by atoms with van der Waals surface area (Å²) in [5, 5.41) is 3.10. The van der Waals surface area contributed by atoms with Gasteiger partial charge in [0.1, 0.15) is 0 Å². The third kappa shape index (κ3) is 3.71. The lowest BCUT2D eigenvalue weighted by Crippen LogP contribution is -2.28. The van der Waals surface area contributed by atoms with Gasteiger partial charge >= 0.3 is 0 Å². The third-order valence-electron chi connectivity index (χ3n) is 2.64. The molecule has 0 bridgehead atoms. The lowest BCUT2D eigenvalue weighted by Gasteiger charge is -2.17. The molecule has 3 heteroatoms. The second-order valence-corrected chi connectivity index (χ2v) is 3.99. The van der Waals surface area contributed by atoms with E-state index in [0.717, 1.165) is 24.1 Å². The lowest BCUT2D eigenvalue weighted by molar-refractivity contribution is 0.0809. The van der Waals surface area contributed by atoms with E-state index >= 15 is 0 Å². The molecule has 17 heavy (non-hydrogen) atoms. The first-order valence-corrected chi connectivity index (χ1v) is 5.79. The van der Waals surface area contributed by atoms with Crippen LogP contribution in [0, 0.1) is 0 Å². The Morgan fingerprint density at radius 1 is 1.47 bits per heavy atom. The van der Waals surface area contributed by atoms with Crippen molar-refractivity contribution in [3.63, 3.8) is 0 Å². The molecule has 0 aromatic heterocycles. The Hall–Kier alpha value is -1.61. The minimum Gasteiger partial charge on any atom is -0.338 e. The van der Waals surface area contributed by atoms with Gasteiger partial charge in [0.15, 0.2) is 0 Å².